The molecule has 33 heavy (non-hydrogen) atoms. The molecule has 4 aromatic rings. The average molecular weight is 446 g/mol. The number of rotatable bonds is 7. The van der Waals surface area contributed by atoms with Gasteiger partial charge in [0.15, 0.2) is 0 Å². The molecule has 4 rings (SSSR count). The molecule has 0 saturated heterocycles. The molecule has 1 amide bonds. The maximum absolute atomic E-state index is 12.5. The van der Waals surface area contributed by atoms with Crippen LogP contribution in [0.1, 0.15) is 10.4 Å². The predicted octanol–water partition coefficient (Wildman–Crippen LogP) is 4.13. The first-order valence-corrected chi connectivity index (χ1v) is 9.37. The van der Waals surface area contributed by atoms with Gasteiger partial charge in [0.25, 0.3) is 17.3 Å². The topological polar surface area (TPSA) is 155 Å². The van der Waals surface area contributed by atoms with Gasteiger partial charge in [-0.2, -0.15) is 0 Å². The van der Waals surface area contributed by atoms with Crippen molar-refractivity contribution in [2.45, 2.75) is 0 Å². The largest absolute Gasteiger partial charge is 0.439 e. The van der Waals surface area contributed by atoms with Crippen molar-refractivity contribution in [3.8, 4) is 17.4 Å². The number of nitro groups is 2. The van der Waals surface area contributed by atoms with Crippen LogP contribution in [0.4, 0.5) is 17.1 Å². The van der Waals surface area contributed by atoms with E-state index in [1.165, 1.54) is 6.33 Å². The predicted molar refractivity (Wildman–Crippen MR) is 116 cm³/mol. The molecule has 0 aliphatic heterocycles. The molecule has 0 unspecified atom stereocenters. The summed E-state index contributed by atoms with van der Waals surface area (Å²) in [7, 11) is 0. The van der Waals surface area contributed by atoms with E-state index in [4.69, 9.17) is 4.74 Å². The van der Waals surface area contributed by atoms with Crippen molar-refractivity contribution in [2.75, 3.05) is 5.32 Å². The van der Waals surface area contributed by atoms with Crippen LogP contribution < -0.4 is 10.1 Å². The standard InChI is InChI=1S/C21H14N6O6/c28-21(14-9-16(26(29)30)11-17(10-14)27(31)32)24-15-3-5-18(6-4-15)33-20-12-19(22-13-23-20)25-7-1-2-8-25/h1-13H,(H,24,28). The van der Waals surface area contributed by atoms with Crippen LogP contribution in [-0.4, -0.2) is 30.3 Å². The first kappa shape index (κ1) is 21.1. The van der Waals surface area contributed by atoms with Crippen molar-refractivity contribution < 1.29 is 19.4 Å². The molecule has 164 valence electrons. The molecular formula is C21H14N6O6. The van der Waals surface area contributed by atoms with Gasteiger partial charge in [-0.05, 0) is 36.4 Å². The maximum atomic E-state index is 12.5. The van der Waals surface area contributed by atoms with Crippen LogP contribution in [0.25, 0.3) is 5.82 Å². The summed E-state index contributed by atoms with van der Waals surface area (Å²) in [6.07, 6.45) is 5.04. The van der Waals surface area contributed by atoms with Crippen LogP contribution in [0.5, 0.6) is 11.6 Å². The Morgan fingerprint density at radius 3 is 2.15 bits per heavy atom. The minimum Gasteiger partial charge on any atom is -0.439 e. The van der Waals surface area contributed by atoms with Gasteiger partial charge in [0.2, 0.25) is 5.88 Å². The van der Waals surface area contributed by atoms with E-state index in [1.807, 2.05) is 24.5 Å². The van der Waals surface area contributed by atoms with Gasteiger partial charge in [-0.3, -0.25) is 25.0 Å². The SMILES string of the molecule is O=C(Nc1ccc(Oc2cc(-n3cccc3)ncn2)cc1)c1cc([N+](=O)[O-])cc([N+](=O)[O-])c1. The van der Waals surface area contributed by atoms with E-state index >= 15 is 0 Å². The number of nitrogens with zero attached hydrogens (tertiary/aromatic N) is 5. The highest BCUT2D eigenvalue weighted by Gasteiger charge is 2.20. The third-order valence-corrected chi connectivity index (χ3v) is 4.42. The van der Waals surface area contributed by atoms with Gasteiger partial charge in [-0.1, -0.05) is 0 Å². The number of non-ortho nitro benzene ring substituents is 2. The first-order valence-electron chi connectivity index (χ1n) is 9.37. The Morgan fingerprint density at radius 1 is 0.909 bits per heavy atom. The molecule has 0 aliphatic carbocycles. The lowest BCUT2D eigenvalue weighted by atomic mass is 10.1. The van der Waals surface area contributed by atoms with Gasteiger partial charge < -0.3 is 14.6 Å². The number of nitro benzene ring substituents is 2. The van der Waals surface area contributed by atoms with Crippen LogP contribution in [0, 0.1) is 20.2 Å². The Morgan fingerprint density at radius 2 is 1.55 bits per heavy atom. The minimum absolute atomic E-state index is 0.213. The monoisotopic (exact) mass is 446 g/mol. The van der Waals surface area contributed by atoms with Crippen LogP contribution >= 0.6 is 0 Å². The van der Waals surface area contributed by atoms with E-state index in [9.17, 15) is 25.0 Å². The number of benzene rings is 2. The smallest absolute Gasteiger partial charge is 0.277 e. The lowest BCUT2D eigenvalue weighted by Gasteiger charge is -2.09. The number of aromatic nitrogens is 3. The number of carbonyl (C=O) groups is 1. The second-order valence-corrected chi connectivity index (χ2v) is 6.64. The maximum Gasteiger partial charge on any atom is 0.277 e. The van der Waals surface area contributed by atoms with Gasteiger partial charge in [-0.15, -0.1) is 0 Å². The molecule has 2 aromatic carbocycles. The summed E-state index contributed by atoms with van der Waals surface area (Å²) in [6.45, 7) is 0. The summed E-state index contributed by atoms with van der Waals surface area (Å²) in [5, 5.41) is 24.6. The minimum atomic E-state index is -0.801. The van der Waals surface area contributed by atoms with Gasteiger partial charge in [0, 0.05) is 36.3 Å². The van der Waals surface area contributed by atoms with Gasteiger partial charge in [-0.25, -0.2) is 9.97 Å². The zero-order valence-electron chi connectivity index (χ0n) is 16.7. The fourth-order valence-corrected chi connectivity index (χ4v) is 2.88. The Hall–Kier alpha value is -5.13. The van der Waals surface area contributed by atoms with Gasteiger partial charge in [0.05, 0.1) is 21.5 Å². The number of hydrogen-bond acceptors (Lipinski definition) is 8. The lowest BCUT2D eigenvalue weighted by molar-refractivity contribution is -0.394. The Labute approximate surface area is 185 Å². The molecule has 1 N–H and O–H groups in total. The van der Waals surface area contributed by atoms with E-state index in [0.717, 1.165) is 18.2 Å². The fourth-order valence-electron chi connectivity index (χ4n) is 2.88. The van der Waals surface area contributed by atoms with E-state index in [-0.39, 0.29) is 5.56 Å². The van der Waals surface area contributed by atoms with E-state index in [1.54, 1.807) is 34.9 Å². The summed E-state index contributed by atoms with van der Waals surface area (Å²) >= 11 is 0. The van der Waals surface area contributed by atoms with Crippen molar-refractivity contribution in [3.63, 3.8) is 0 Å². The van der Waals surface area contributed by atoms with E-state index < -0.39 is 27.1 Å². The van der Waals surface area contributed by atoms with Crippen molar-refractivity contribution in [3.05, 3.63) is 105 Å². The molecule has 0 saturated carbocycles. The molecule has 0 bridgehead atoms. The van der Waals surface area contributed by atoms with E-state index in [0.29, 0.717) is 23.1 Å². The summed E-state index contributed by atoms with van der Waals surface area (Å²) < 4.78 is 7.52. The highest BCUT2D eigenvalue weighted by atomic mass is 16.6. The molecule has 0 aliphatic rings. The second-order valence-electron chi connectivity index (χ2n) is 6.64. The van der Waals surface area contributed by atoms with Crippen molar-refractivity contribution >= 4 is 23.0 Å². The van der Waals surface area contributed by atoms with Crippen molar-refractivity contribution in [1.29, 1.82) is 0 Å². The zero-order valence-corrected chi connectivity index (χ0v) is 16.7. The van der Waals surface area contributed by atoms with E-state index in [2.05, 4.69) is 15.3 Å². The van der Waals surface area contributed by atoms with Crippen molar-refractivity contribution in [1.82, 2.24) is 14.5 Å². The quantitative estimate of drug-likeness (QED) is 0.328. The third-order valence-electron chi connectivity index (χ3n) is 4.42. The van der Waals surface area contributed by atoms with Crippen molar-refractivity contribution in [2.24, 2.45) is 0 Å². The summed E-state index contributed by atoms with van der Waals surface area (Å²) in [4.78, 5) is 41.2. The number of anilines is 1. The fraction of sp³-hybridized carbons (Fsp3) is 0. The zero-order chi connectivity index (χ0) is 23.4. The number of ether oxygens (including phenoxy) is 1. The Balaban J connectivity index is 1.47. The Kier molecular flexibility index (Phi) is 5.72. The molecule has 12 heteroatoms. The highest BCUT2D eigenvalue weighted by molar-refractivity contribution is 6.05. The third kappa shape index (κ3) is 4.96. The number of amides is 1. The molecule has 2 aromatic heterocycles. The first-order chi connectivity index (χ1) is 15.9. The number of nitrogens with one attached hydrogen (secondary N) is 1. The summed E-state index contributed by atoms with van der Waals surface area (Å²) in [5.74, 6) is 0.646. The van der Waals surface area contributed by atoms with Crippen LogP contribution in [0.2, 0.25) is 0 Å². The van der Waals surface area contributed by atoms with Crippen LogP contribution in [0.15, 0.2) is 79.4 Å². The van der Waals surface area contributed by atoms with Gasteiger partial charge in [0.1, 0.15) is 17.9 Å². The normalized spacial score (nSPS) is 10.4. The molecule has 0 radical (unpaired) electrons. The average Bonchev–Trinajstić information content (AvgIpc) is 3.35. The van der Waals surface area contributed by atoms with Crippen LogP contribution in [-0.2, 0) is 0 Å². The molecule has 0 atom stereocenters. The summed E-state index contributed by atoms with van der Waals surface area (Å²) in [6, 6.07) is 14.4. The van der Waals surface area contributed by atoms with Crippen LogP contribution in [0.3, 0.4) is 0 Å². The molecule has 2 heterocycles. The molecule has 0 spiro atoms. The summed E-state index contributed by atoms with van der Waals surface area (Å²) in [5.41, 5.74) is -0.962. The highest BCUT2D eigenvalue weighted by Crippen LogP contribution is 2.25. The molecule has 12 nitrogen and oxygen atoms in total. The van der Waals surface area contributed by atoms with Gasteiger partial charge >= 0.3 is 0 Å². The molecule has 0 fully saturated rings. The number of hydrogen-bond donors (Lipinski definition) is 1. The second kappa shape index (κ2) is 8.93. The number of carbonyl (C=O) groups excluding carboxylic acids is 1. The molecular weight excluding hydrogens is 432 g/mol. The Bertz CT molecular complexity index is 1310. The lowest BCUT2D eigenvalue weighted by Crippen LogP contribution is -2.12.